The normalized spacial score (nSPS) is 15.9. The number of nitrogens with zero attached hydrogens (tertiary/aromatic N) is 1. The van der Waals surface area contributed by atoms with E-state index < -0.39 is 5.91 Å². The van der Waals surface area contributed by atoms with Gasteiger partial charge in [0.05, 0.1) is 12.3 Å². The van der Waals surface area contributed by atoms with Crippen molar-refractivity contribution in [3.8, 4) is 5.75 Å². The molecule has 3 rings (SSSR count). The Kier molecular flexibility index (Phi) is 4.10. The van der Waals surface area contributed by atoms with Crippen molar-refractivity contribution in [1.29, 1.82) is 0 Å². The molecular formula is C18H16N2O3. The number of rotatable bonds is 4. The predicted octanol–water partition coefficient (Wildman–Crippen LogP) is 2.55. The first-order valence-corrected chi connectivity index (χ1v) is 7.34. The van der Waals surface area contributed by atoms with E-state index in [1.807, 2.05) is 49.4 Å². The number of hydrazine groups is 1. The molecule has 116 valence electrons. The molecule has 23 heavy (non-hydrogen) atoms. The Bertz CT molecular complexity index is 752. The molecule has 0 saturated carbocycles. The third-order valence-electron chi connectivity index (χ3n) is 3.41. The third-order valence-corrected chi connectivity index (χ3v) is 3.41. The Labute approximate surface area is 134 Å². The fourth-order valence-corrected chi connectivity index (χ4v) is 2.31. The molecule has 1 N–H and O–H groups in total. The van der Waals surface area contributed by atoms with E-state index in [9.17, 15) is 9.59 Å². The largest absolute Gasteiger partial charge is 0.494 e. The van der Waals surface area contributed by atoms with Crippen LogP contribution in [0.3, 0.4) is 0 Å². The molecule has 5 nitrogen and oxygen atoms in total. The van der Waals surface area contributed by atoms with Crippen LogP contribution >= 0.6 is 0 Å². The number of amides is 2. The van der Waals surface area contributed by atoms with E-state index >= 15 is 0 Å². The maximum absolute atomic E-state index is 12.4. The average Bonchev–Trinajstić information content (AvgIpc) is 2.86. The maximum Gasteiger partial charge on any atom is 0.282 e. The zero-order valence-corrected chi connectivity index (χ0v) is 12.7. The Balaban J connectivity index is 1.85. The van der Waals surface area contributed by atoms with Crippen LogP contribution in [0.5, 0.6) is 5.75 Å². The van der Waals surface area contributed by atoms with E-state index in [2.05, 4.69) is 5.43 Å². The molecule has 1 saturated heterocycles. The smallest absolute Gasteiger partial charge is 0.282 e. The van der Waals surface area contributed by atoms with Crippen molar-refractivity contribution in [2.45, 2.75) is 6.92 Å². The highest BCUT2D eigenvalue weighted by Gasteiger charge is 2.34. The Morgan fingerprint density at radius 1 is 1.04 bits per heavy atom. The summed E-state index contributed by atoms with van der Waals surface area (Å²) in [5.41, 5.74) is 4.07. The van der Waals surface area contributed by atoms with Crippen LogP contribution in [0.1, 0.15) is 12.5 Å². The number of para-hydroxylation sites is 1. The van der Waals surface area contributed by atoms with Crippen LogP contribution < -0.4 is 15.2 Å². The van der Waals surface area contributed by atoms with Gasteiger partial charge in [-0.2, -0.15) is 0 Å². The Hall–Kier alpha value is -3.08. The fourth-order valence-electron chi connectivity index (χ4n) is 2.31. The number of carbonyl (C=O) groups is 2. The van der Waals surface area contributed by atoms with Gasteiger partial charge in [-0.3, -0.25) is 15.0 Å². The first kappa shape index (κ1) is 14.8. The summed E-state index contributed by atoms with van der Waals surface area (Å²) >= 11 is 0. The fraction of sp³-hybridized carbons (Fsp3) is 0.111. The lowest BCUT2D eigenvalue weighted by Gasteiger charge is -2.13. The van der Waals surface area contributed by atoms with E-state index in [-0.39, 0.29) is 11.5 Å². The summed E-state index contributed by atoms with van der Waals surface area (Å²) in [6.07, 6.45) is 1.58. The van der Waals surface area contributed by atoms with Crippen LogP contribution in [0.25, 0.3) is 6.08 Å². The minimum atomic E-state index is -0.410. The number of ether oxygens (including phenoxy) is 1. The third kappa shape index (κ3) is 3.08. The van der Waals surface area contributed by atoms with Gasteiger partial charge in [-0.25, -0.2) is 5.01 Å². The van der Waals surface area contributed by atoms with Gasteiger partial charge in [-0.1, -0.05) is 30.3 Å². The number of carbonyl (C=O) groups excluding carboxylic acids is 2. The summed E-state index contributed by atoms with van der Waals surface area (Å²) in [5, 5.41) is 1.25. The molecule has 0 atom stereocenters. The lowest BCUT2D eigenvalue weighted by atomic mass is 10.1. The molecule has 2 amide bonds. The van der Waals surface area contributed by atoms with Crippen molar-refractivity contribution in [3.63, 3.8) is 0 Å². The van der Waals surface area contributed by atoms with Crippen LogP contribution in [0.4, 0.5) is 5.69 Å². The number of benzene rings is 2. The quantitative estimate of drug-likeness (QED) is 0.697. The molecular weight excluding hydrogens is 292 g/mol. The van der Waals surface area contributed by atoms with Gasteiger partial charge in [0.2, 0.25) is 0 Å². The minimum absolute atomic E-state index is 0.109. The average molecular weight is 308 g/mol. The van der Waals surface area contributed by atoms with Crippen molar-refractivity contribution in [3.05, 3.63) is 65.7 Å². The van der Waals surface area contributed by atoms with Gasteiger partial charge < -0.3 is 4.74 Å². The molecule has 5 heteroatoms. The van der Waals surface area contributed by atoms with Gasteiger partial charge in [-0.05, 0) is 42.8 Å². The first-order valence-electron chi connectivity index (χ1n) is 7.34. The number of hydrogen-bond acceptors (Lipinski definition) is 3. The highest BCUT2D eigenvalue weighted by atomic mass is 16.5. The van der Waals surface area contributed by atoms with Gasteiger partial charge in [0, 0.05) is 0 Å². The van der Waals surface area contributed by atoms with E-state index in [1.54, 1.807) is 18.2 Å². The summed E-state index contributed by atoms with van der Waals surface area (Å²) < 4.78 is 5.37. The molecule has 0 bridgehead atoms. The van der Waals surface area contributed by atoms with Gasteiger partial charge in [0.1, 0.15) is 11.3 Å². The summed E-state index contributed by atoms with van der Waals surface area (Å²) in [7, 11) is 0. The van der Waals surface area contributed by atoms with Crippen LogP contribution in [0.2, 0.25) is 0 Å². The van der Waals surface area contributed by atoms with Crippen molar-refractivity contribution in [1.82, 2.24) is 5.43 Å². The molecule has 1 fully saturated rings. The zero-order chi connectivity index (χ0) is 16.2. The predicted molar refractivity (Wildman–Crippen MR) is 87.7 cm³/mol. The van der Waals surface area contributed by atoms with E-state index in [0.717, 1.165) is 11.3 Å². The second kappa shape index (κ2) is 6.36. The highest BCUT2D eigenvalue weighted by Crippen LogP contribution is 2.21. The van der Waals surface area contributed by atoms with Gasteiger partial charge in [0.25, 0.3) is 11.8 Å². The monoisotopic (exact) mass is 308 g/mol. The second-order valence-electron chi connectivity index (χ2n) is 4.98. The molecule has 2 aromatic carbocycles. The molecule has 0 aromatic heterocycles. The summed E-state index contributed by atoms with van der Waals surface area (Å²) in [6, 6.07) is 16.2. The number of hydrogen-bond donors (Lipinski definition) is 1. The first-order chi connectivity index (χ1) is 11.2. The van der Waals surface area contributed by atoms with Crippen LogP contribution in [0.15, 0.2) is 60.2 Å². The SMILES string of the molecule is CCOc1ccc(/C=C2/C(=O)NN(c3ccccc3)C2=O)cc1. The van der Waals surface area contributed by atoms with Gasteiger partial charge in [0.15, 0.2) is 0 Å². The molecule has 0 aliphatic carbocycles. The Morgan fingerprint density at radius 3 is 2.39 bits per heavy atom. The summed E-state index contributed by atoms with van der Waals surface area (Å²) in [5.74, 6) is -0.0226. The number of nitrogens with one attached hydrogen (secondary N) is 1. The minimum Gasteiger partial charge on any atom is -0.494 e. The van der Waals surface area contributed by atoms with Crippen molar-refractivity contribution in [2.75, 3.05) is 11.6 Å². The molecule has 0 spiro atoms. The zero-order valence-electron chi connectivity index (χ0n) is 12.7. The van der Waals surface area contributed by atoms with E-state index in [1.165, 1.54) is 5.01 Å². The summed E-state index contributed by atoms with van der Waals surface area (Å²) in [4.78, 5) is 24.5. The van der Waals surface area contributed by atoms with Crippen molar-refractivity contribution in [2.24, 2.45) is 0 Å². The second-order valence-corrected chi connectivity index (χ2v) is 4.98. The van der Waals surface area contributed by atoms with Crippen LogP contribution in [-0.2, 0) is 9.59 Å². The Morgan fingerprint density at radius 2 is 1.74 bits per heavy atom. The molecule has 1 aliphatic rings. The molecule has 1 heterocycles. The molecule has 0 unspecified atom stereocenters. The molecule has 2 aromatic rings. The highest BCUT2D eigenvalue weighted by molar-refractivity contribution is 6.31. The van der Waals surface area contributed by atoms with Gasteiger partial charge in [-0.15, -0.1) is 0 Å². The molecule has 1 aliphatic heterocycles. The lowest BCUT2D eigenvalue weighted by molar-refractivity contribution is -0.117. The van der Waals surface area contributed by atoms with Gasteiger partial charge >= 0.3 is 0 Å². The van der Waals surface area contributed by atoms with Crippen molar-refractivity contribution < 1.29 is 14.3 Å². The van der Waals surface area contributed by atoms with Crippen molar-refractivity contribution >= 4 is 23.6 Å². The molecule has 0 radical (unpaired) electrons. The number of anilines is 1. The topological polar surface area (TPSA) is 58.6 Å². The summed E-state index contributed by atoms with van der Waals surface area (Å²) in [6.45, 7) is 2.50. The standard InChI is InChI=1S/C18H16N2O3/c1-2-23-15-10-8-13(9-11-15)12-16-17(21)19-20(18(16)22)14-6-4-3-5-7-14/h3-12H,2H2,1H3,(H,19,21)/b16-12-. The maximum atomic E-state index is 12.4. The van der Waals surface area contributed by atoms with Crippen LogP contribution in [-0.4, -0.2) is 18.4 Å². The van der Waals surface area contributed by atoms with E-state index in [0.29, 0.717) is 12.3 Å². The van der Waals surface area contributed by atoms with Crippen LogP contribution in [0, 0.1) is 0 Å². The van der Waals surface area contributed by atoms with E-state index in [4.69, 9.17) is 4.74 Å². The lowest BCUT2D eigenvalue weighted by Crippen LogP contribution is -2.35.